The first-order valence-electron chi connectivity index (χ1n) is 7.41. The van der Waals surface area contributed by atoms with E-state index in [1.807, 2.05) is 11.9 Å². The van der Waals surface area contributed by atoms with Crippen molar-refractivity contribution < 1.29 is 19.0 Å². The van der Waals surface area contributed by atoms with E-state index in [0.717, 1.165) is 25.9 Å². The molecule has 1 aromatic carbocycles. The van der Waals surface area contributed by atoms with Crippen molar-refractivity contribution in [1.82, 2.24) is 10.2 Å². The summed E-state index contributed by atoms with van der Waals surface area (Å²) < 4.78 is 15.9. The number of amides is 1. The quantitative estimate of drug-likeness (QED) is 0.854. The van der Waals surface area contributed by atoms with Crippen molar-refractivity contribution in [2.24, 2.45) is 0 Å². The number of carbonyl (C=O) groups is 1. The number of benzene rings is 1. The van der Waals surface area contributed by atoms with Crippen molar-refractivity contribution in [3.8, 4) is 17.2 Å². The molecule has 0 spiro atoms. The van der Waals surface area contributed by atoms with Crippen molar-refractivity contribution >= 4 is 18.3 Å². The number of nitrogens with zero attached hydrogens (tertiary/aromatic N) is 1. The zero-order valence-electron chi connectivity index (χ0n) is 14.0. The number of rotatable bonds is 6. The van der Waals surface area contributed by atoms with Gasteiger partial charge in [0.05, 0.1) is 21.3 Å². The van der Waals surface area contributed by atoms with Gasteiger partial charge in [0, 0.05) is 24.7 Å². The Morgan fingerprint density at radius 1 is 1.22 bits per heavy atom. The van der Waals surface area contributed by atoms with Crippen molar-refractivity contribution in [2.75, 3.05) is 41.5 Å². The van der Waals surface area contributed by atoms with Gasteiger partial charge in [-0.2, -0.15) is 0 Å². The molecule has 23 heavy (non-hydrogen) atoms. The minimum absolute atomic E-state index is 0. The molecule has 7 heteroatoms. The highest BCUT2D eigenvalue weighted by atomic mass is 35.5. The van der Waals surface area contributed by atoms with E-state index in [2.05, 4.69) is 5.32 Å². The Labute approximate surface area is 143 Å². The van der Waals surface area contributed by atoms with Gasteiger partial charge in [0.25, 0.3) is 5.91 Å². The molecule has 1 aromatic rings. The molecule has 1 heterocycles. The molecular formula is C16H25ClN2O4. The summed E-state index contributed by atoms with van der Waals surface area (Å²) in [7, 11) is 6.54. The maximum Gasteiger partial charge on any atom is 0.254 e. The Balaban J connectivity index is 0.00000264. The third kappa shape index (κ3) is 4.00. The van der Waals surface area contributed by atoms with E-state index < -0.39 is 0 Å². The van der Waals surface area contributed by atoms with Crippen LogP contribution in [0.2, 0.25) is 0 Å². The number of nitrogens with one attached hydrogen (secondary N) is 1. The maximum atomic E-state index is 12.8. The van der Waals surface area contributed by atoms with E-state index in [1.54, 1.807) is 33.5 Å². The predicted molar refractivity (Wildman–Crippen MR) is 91.3 cm³/mol. The number of ether oxygens (including phenoxy) is 3. The Morgan fingerprint density at radius 3 is 2.30 bits per heavy atom. The molecule has 1 atom stereocenters. The van der Waals surface area contributed by atoms with E-state index in [0.29, 0.717) is 22.8 Å². The minimum atomic E-state index is -0.00277. The summed E-state index contributed by atoms with van der Waals surface area (Å²) in [4.78, 5) is 14.7. The second kappa shape index (κ2) is 8.84. The smallest absolute Gasteiger partial charge is 0.254 e. The maximum absolute atomic E-state index is 12.8. The van der Waals surface area contributed by atoms with Crippen LogP contribution in [0.5, 0.6) is 17.2 Å². The summed E-state index contributed by atoms with van der Waals surface area (Å²) in [5.74, 6) is 1.48. The Bertz CT molecular complexity index is 514. The van der Waals surface area contributed by atoms with Crippen LogP contribution in [0.15, 0.2) is 12.1 Å². The molecule has 130 valence electrons. The zero-order chi connectivity index (χ0) is 16.1. The second-order valence-corrected chi connectivity index (χ2v) is 5.27. The zero-order valence-corrected chi connectivity index (χ0v) is 14.9. The number of likely N-dealkylation sites (tertiary alicyclic amines) is 1. The third-order valence-corrected chi connectivity index (χ3v) is 3.99. The van der Waals surface area contributed by atoms with Crippen LogP contribution in [0.1, 0.15) is 23.2 Å². The average Bonchev–Trinajstić information content (AvgIpc) is 3.01. The van der Waals surface area contributed by atoms with Gasteiger partial charge in [0.1, 0.15) is 0 Å². The number of likely N-dealkylation sites (N-methyl/N-ethyl adjacent to an activating group) is 1. The van der Waals surface area contributed by atoms with Gasteiger partial charge in [-0.05, 0) is 32.0 Å². The number of hydrogen-bond donors (Lipinski definition) is 1. The molecule has 1 N–H and O–H groups in total. The molecule has 0 aromatic heterocycles. The minimum Gasteiger partial charge on any atom is -0.493 e. The summed E-state index contributed by atoms with van der Waals surface area (Å²) in [6, 6.07) is 3.65. The highest BCUT2D eigenvalue weighted by Crippen LogP contribution is 2.38. The van der Waals surface area contributed by atoms with Crippen molar-refractivity contribution in [1.29, 1.82) is 0 Å². The second-order valence-electron chi connectivity index (χ2n) is 5.27. The molecule has 6 nitrogen and oxygen atoms in total. The summed E-state index contributed by atoms with van der Waals surface area (Å²) in [5.41, 5.74) is 0.553. The number of hydrogen-bond acceptors (Lipinski definition) is 5. The standard InChI is InChI=1S/C16H24N2O4.ClH/c1-17-10-12-6-5-7-18(12)16(19)11-8-13(20-2)15(22-4)14(9-11)21-3;/h8-9,12,17H,5-7,10H2,1-4H3;1H. The van der Waals surface area contributed by atoms with Crippen LogP contribution in [0.4, 0.5) is 0 Å². The van der Waals surface area contributed by atoms with Gasteiger partial charge in [-0.25, -0.2) is 0 Å². The molecule has 1 unspecified atom stereocenters. The summed E-state index contributed by atoms with van der Waals surface area (Å²) in [5, 5.41) is 3.15. The molecule has 0 radical (unpaired) electrons. The lowest BCUT2D eigenvalue weighted by Crippen LogP contribution is -2.40. The molecule has 0 saturated carbocycles. The van der Waals surface area contributed by atoms with Gasteiger partial charge in [-0.1, -0.05) is 0 Å². The first kappa shape index (κ1) is 19.4. The Hall–Kier alpha value is -1.66. The Kier molecular flexibility index (Phi) is 7.45. The molecule has 1 fully saturated rings. The fourth-order valence-corrected chi connectivity index (χ4v) is 2.92. The van der Waals surface area contributed by atoms with Crippen LogP contribution >= 0.6 is 12.4 Å². The highest BCUT2D eigenvalue weighted by molar-refractivity contribution is 5.96. The van der Waals surface area contributed by atoms with Gasteiger partial charge < -0.3 is 24.4 Å². The van der Waals surface area contributed by atoms with E-state index in [9.17, 15) is 4.79 Å². The van der Waals surface area contributed by atoms with Crippen LogP contribution < -0.4 is 19.5 Å². The third-order valence-electron chi connectivity index (χ3n) is 3.99. The first-order chi connectivity index (χ1) is 10.7. The lowest BCUT2D eigenvalue weighted by molar-refractivity contribution is 0.0736. The fourth-order valence-electron chi connectivity index (χ4n) is 2.92. The molecule has 1 aliphatic heterocycles. The van der Waals surface area contributed by atoms with E-state index in [-0.39, 0.29) is 24.4 Å². The van der Waals surface area contributed by atoms with E-state index in [1.165, 1.54) is 0 Å². The normalized spacial score (nSPS) is 16.7. The van der Waals surface area contributed by atoms with Gasteiger partial charge in [0.2, 0.25) is 5.75 Å². The number of halogens is 1. The van der Waals surface area contributed by atoms with Crippen molar-refractivity contribution in [3.63, 3.8) is 0 Å². The van der Waals surface area contributed by atoms with Crippen molar-refractivity contribution in [3.05, 3.63) is 17.7 Å². The van der Waals surface area contributed by atoms with Crippen LogP contribution in [-0.2, 0) is 0 Å². The molecule has 0 aliphatic carbocycles. The Morgan fingerprint density at radius 2 is 1.83 bits per heavy atom. The van der Waals surface area contributed by atoms with Crippen LogP contribution in [0.25, 0.3) is 0 Å². The monoisotopic (exact) mass is 344 g/mol. The molecule has 2 rings (SSSR count). The molecule has 1 aliphatic rings. The SMILES string of the molecule is CNCC1CCCN1C(=O)c1cc(OC)c(OC)c(OC)c1.Cl. The van der Waals surface area contributed by atoms with Crippen LogP contribution in [0, 0.1) is 0 Å². The van der Waals surface area contributed by atoms with Gasteiger partial charge >= 0.3 is 0 Å². The molecular weight excluding hydrogens is 320 g/mol. The van der Waals surface area contributed by atoms with Crippen LogP contribution in [-0.4, -0.2) is 58.3 Å². The molecule has 1 saturated heterocycles. The average molecular weight is 345 g/mol. The first-order valence-corrected chi connectivity index (χ1v) is 7.41. The van der Waals surface area contributed by atoms with Gasteiger partial charge in [-0.3, -0.25) is 4.79 Å². The number of carbonyl (C=O) groups excluding carboxylic acids is 1. The lowest BCUT2D eigenvalue weighted by atomic mass is 10.1. The summed E-state index contributed by atoms with van der Waals surface area (Å²) in [6.45, 7) is 1.58. The van der Waals surface area contributed by atoms with Crippen molar-refractivity contribution in [2.45, 2.75) is 18.9 Å². The summed E-state index contributed by atoms with van der Waals surface area (Å²) in [6.07, 6.45) is 2.06. The lowest BCUT2D eigenvalue weighted by Gasteiger charge is -2.25. The largest absolute Gasteiger partial charge is 0.493 e. The van der Waals surface area contributed by atoms with Crippen LogP contribution in [0.3, 0.4) is 0 Å². The van der Waals surface area contributed by atoms with Gasteiger partial charge in [-0.15, -0.1) is 12.4 Å². The molecule has 1 amide bonds. The topological polar surface area (TPSA) is 60.0 Å². The highest BCUT2D eigenvalue weighted by Gasteiger charge is 2.30. The number of methoxy groups -OCH3 is 3. The predicted octanol–water partition coefficient (Wildman–Crippen LogP) is 1.96. The summed E-state index contributed by atoms with van der Waals surface area (Å²) >= 11 is 0. The van der Waals surface area contributed by atoms with E-state index >= 15 is 0 Å². The van der Waals surface area contributed by atoms with Gasteiger partial charge in [0.15, 0.2) is 11.5 Å². The molecule has 0 bridgehead atoms. The van der Waals surface area contributed by atoms with E-state index in [4.69, 9.17) is 14.2 Å². The fraction of sp³-hybridized carbons (Fsp3) is 0.562.